The first-order chi connectivity index (χ1) is 11.1. The largest absolute Gasteiger partial charge is 0.406 e. The Morgan fingerprint density at radius 2 is 2.21 bits per heavy atom. The lowest BCUT2D eigenvalue weighted by Gasteiger charge is -2.23. The van der Waals surface area contributed by atoms with Gasteiger partial charge in [-0.2, -0.15) is 13.2 Å². The van der Waals surface area contributed by atoms with Gasteiger partial charge in [0.2, 0.25) is 11.7 Å². The number of amides is 2. The van der Waals surface area contributed by atoms with E-state index in [4.69, 9.17) is 4.52 Å². The Hall–Kier alpha value is -2.06. The van der Waals surface area contributed by atoms with Gasteiger partial charge in [0.1, 0.15) is 12.6 Å². The molecule has 0 aromatic carbocycles. The number of rotatable bonds is 5. The van der Waals surface area contributed by atoms with Gasteiger partial charge in [0.05, 0.1) is 5.69 Å². The monoisotopic (exact) mass is 347 g/mol. The molecule has 1 aromatic heterocycles. The summed E-state index contributed by atoms with van der Waals surface area (Å²) < 4.78 is 42.4. The minimum Gasteiger partial charge on any atom is -0.351 e. The maximum absolute atomic E-state index is 12.4. The smallest absolute Gasteiger partial charge is 0.351 e. The first-order valence-electron chi connectivity index (χ1n) is 7.73. The van der Waals surface area contributed by atoms with Crippen LogP contribution in [0, 0.1) is 0 Å². The number of halogens is 3. The third-order valence-electron chi connectivity index (χ3n) is 4.28. The van der Waals surface area contributed by atoms with Crippen molar-refractivity contribution < 1.29 is 27.3 Å². The molecule has 0 spiro atoms. The molecule has 0 aliphatic carbocycles. The second kappa shape index (κ2) is 6.82. The van der Waals surface area contributed by atoms with Crippen LogP contribution in [-0.4, -0.2) is 59.1 Å². The number of aromatic nitrogens is 1. The summed E-state index contributed by atoms with van der Waals surface area (Å²) in [7, 11) is 1.38. The number of nitrogens with zero attached hydrogens (tertiary/aromatic N) is 3. The Morgan fingerprint density at radius 1 is 1.54 bits per heavy atom. The second-order valence-electron chi connectivity index (χ2n) is 6.02. The number of carbonyl (C=O) groups excluding carboxylic acids is 2. The topological polar surface area (TPSA) is 66.7 Å². The number of alkyl halides is 3. The van der Waals surface area contributed by atoms with Crippen molar-refractivity contribution in [2.75, 3.05) is 20.1 Å². The predicted molar refractivity (Wildman–Crippen MR) is 78.3 cm³/mol. The van der Waals surface area contributed by atoms with Crippen molar-refractivity contribution in [3.8, 4) is 0 Å². The summed E-state index contributed by atoms with van der Waals surface area (Å²) in [4.78, 5) is 26.3. The lowest BCUT2D eigenvalue weighted by Crippen LogP contribution is -2.44. The molecule has 0 radical (unpaired) electrons. The Kier molecular flexibility index (Phi) is 5.19. The Labute approximate surface area is 137 Å². The lowest BCUT2D eigenvalue weighted by atomic mass is 10.1. The molecule has 2 heterocycles. The van der Waals surface area contributed by atoms with Gasteiger partial charge >= 0.3 is 6.18 Å². The molecule has 0 N–H and O–H groups in total. The van der Waals surface area contributed by atoms with Crippen LogP contribution in [0.4, 0.5) is 13.2 Å². The van der Waals surface area contributed by atoms with Gasteiger partial charge in [0, 0.05) is 25.6 Å². The fourth-order valence-corrected chi connectivity index (χ4v) is 2.60. The van der Waals surface area contributed by atoms with Gasteiger partial charge in [-0.15, -0.1) is 0 Å². The fraction of sp³-hybridized carbons (Fsp3) is 0.667. The summed E-state index contributed by atoms with van der Waals surface area (Å²) in [5.41, 5.74) is 0.630. The van der Waals surface area contributed by atoms with Gasteiger partial charge in [0.15, 0.2) is 0 Å². The highest BCUT2D eigenvalue weighted by Crippen LogP contribution is 2.24. The molecule has 6 nitrogen and oxygen atoms in total. The van der Waals surface area contributed by atoms with Gasteiger partial charge < -0.3 is 14.3 Å². The summed E-state index contributed by atoms with van der Waals surface area (Å²) in [6.07, 6.45) is -3.48. The van der Waals surface area contributed by atoms with E-state index in [-0.39, 0.29) is 24.6 Å². The average molecular weight is 347 g/mol. The quantitative estimate of drug-likeness (QED) is 0.820. The Balaban J connectivity index is 2.06. The zero-order valence-corrected chi connectivity index (χ0v) is 13.8. The van der Waals surface area contributed by atoms with Crippen molar-refractivity contribution in [2.24, 2.45) is 0 Å². The lowest BCUT2D eigenvalue weighted by molar-refractivity contribution is -0.158. The highest BCUT2D eigenvalue weighted by Gasteiger charge is 2.42. The standard InChI is InChI=1S/C15H20F3N3O3/c1-4-9(2)10-7-12(24-19-10)14(23)20(3)11-5-6-21(13(11)22)8-15(16,17)18/h7,9,11H,4-6,8H2,1-3H3/t9-,11+/m0/s1. The number of hydrogen-bond donors (Lipinski definition) is 0. The summed E-state index contributed by atoms with van der Waals surface area (Å²) in [6, 6.07) is 0.594. The molecule has 0 bridgehead atoms. The van der Waals surface area contributed by atoms with E-state index >= 15 is 0 Å². The van der Waals surface area contributed by atoms with E-state index in [9.17, 15) is 22.8 Å². The van der Waals surface area contributed by atoms with Crippen LogP contribution in [0.3, 0.4) is 0 Å². The molecule has 0 unspecified atom stereocenters. The van der Waals surface area contributed by atoms with Crippen LogP contribution < -0.4 is 0 Å². The van der Waals surface area contributed by atoms with Gasteiger partial charge in [-0.3, -0.25) is 9.59 Å². The van der Waals surface area contributed by atoms with Crippen molar-refractivity contribution in [2.45, 2.75) is 44.8 Å². The zero-order valence-electron chi connectivity index (χ0n) is 13.8. The van der Waals surface area contributed by atoms with E-state index in [1.165, 1.54) is 13.1 Å². The molecule has 0 saturated carbocycles. The second-order valence-corrected chi connectivity index (χ2v) is 6.02. The summed E-state index contributed by atoms with van der Waals surface area (Å²) in [5, 5.41) is 3.83. The van der Waals surface area contributed by atoms with Crippen LogP contribution in [-0.2, 0) is 4.79 Å². The molecule has 1 aliphatic rings. The molecule has 2 atom stereocenters. The van der Waals surface area contributed by atoms with E-state index in [2.05, 4.69) is 5.16 Å². The number of likely N-dealkylation sites (N-methyl/N-ethyl adjacent to an activating group) is 1. The first kappa shape index (κ1) is 18.3. The SMILES string of the molecule is CC[C@H](C)c1cc(C(=O)N(C)[C@@H]2CCN(CC(F)(F)F)C2=O)on1. The highest BCUT2D eigenvalue weighted by molar-refractivity contribution is 5.96. The average Bonchev–Trinajstić information content (AvgIpc) is 3.12. The highest BCUT2D eigenvalue weighted by atomic mass is 19.4. The van der Waals surface area contributed by atoms with E-state index in [1.807, 2.05) is 13.8 Å². The van der Waals surface area contributed by atoms with Crippen LogP contribution in [0.5, 0.6) is 0 Å². The minimum absolute atomic E-state index is 0.0186. The third kappa shape index (κ3) is 3.88. The van der Waals surface area contributed by atoms with Crippen molar-refractivity contribution in [1.29, 1.82) is 0 Å². The normalized spacial score (nSPS) is 19.7. The van der Waals surface area contributed by atoms with Crippen molar-refractivity contribution in [1.82, 2.24) is 15.0 Å². The molecule has 1 saturated heterocycles. The summed E-state index contributed by atoms with van der Waals surface area (Å²) in [5.74, 6) is -1.17. The van der Waals surface area contributed by atoms with Gasteiger partial charge in [-0.25, -0.2) is 0 Å². The van der Waals surface area contributed by atoms with Crippen molar-refractivity contribution in [3.05, 3.63) is 17.5 Å². The number of likely N-dealkylation sites (tertiary alicyclic amines) is 1. The molecule has 2 rings (SSSR count). The maximum atomic E-state index is 12.4. The van der Waals surface area contributed by atoms with Crippen LogP contribution in [0.15, 0.2) is 10.6 Å². The van der Waals surface area contributed by atoms with Gasteiger partial charge in [-0.05, 0) is 12.8 Å². The van der Waals surface area contributed by atoms with Crippen LogP contribution in [0.2, 0.25) is 0 Å². The number of carbonyl (C=O) groups is 2. The molecule has 1 fully saturated rings. The van der Waals surface area contributed by atoms with Crippen LogP contribution in [0.1, 0.15) is 48.9 Å². The minimum atomic E-state index is -4.46. The summed E-state index contributed by atoms with van der Waals surface area (Å²) >= 11 is 0. The van der Waals surface area contributed by atoms with E-state index < -0.39 is 30.6 Å². The molecule has 1 aromatic rings. The molecule has 1 aliphatic heterocycles. The number of hydrogen-bond acceptors (Lipinski definition) is 4. The molecule has 9 heteroatoms. The fourth-order valence-electron chi connectivity index (χ4n) is 2.60. The van der Waals surface area contributed by atoms with Crippen molar-refractivity contribution in [3.63, 3.8) is 0 Å². The third-order valence-corrected chi connectivity index (χ3v) is 4.28. The molecule has 134 valence electrons. The van der Waals surface area contributed by atoms with E-state index in [1.54, 1.807) is 0 Å². The molecular formula is C15H20F3N3O3. The van der Waals surface area contributed by atoms with Gasteiger partial charge in [0.25, 0.3) is 5.91 Å². The first-order valence-corrected chi connectivity index (χ1v) is 7.73. The van der Waals surface area contributed by atoms with Gasteiger partial charge in [-0.1, -0.05) is 19.0 Å². The van der Waals surface area contributed by atoms with E-state index in [0.717, 1.165) is 16.2 Å². The zero-order chi connectivity index (χ0) is 18.1. The van der Waals surface area contributed by atoms with Crippen LogP contribution in [0.25, 0.3) is 0 Å². The predicted octanol–water partition coefficient (Wildman–Crippen LogP) is 2.42. The molecule has 2 amide bonds. The van der Waals surface area contributed by atoms with Crippen LogP contribution >= 0.6 is 0 Å². The van der Waals surface area contributed by atoms with E-state index in [0.29, 0.717) is 5.69 Å². The molecule has 24 heavy (non-hydrogen) atoms. The van der Waals surface area contributed by atoms with Crippen molar-refractivity contribution >= 4 is 11.8 Å². The maximum Gasteiger partial charge on any atom is 0.406 e. The Bertz CT molecular complexity index is 615. The summed E-state index contributed by atoms with van der Waals surface area (Å²) in [6.45, 7) is 2.57. The molecular weight excluding hydrogens is 327 g/mol. The Morgan fingerprint density at radius 3 is 2.79 bits per heavy atom.